The van der Waals surface area contributed by atoms with Gasteiger partial charge in [-0.1, -0.05) is 30.5 Å². The molecule has 27 heavy (non-hydrogen) atoms. The van der Waals surface area contributed by atoms with E-state index in [1.54, 1.807) is 29.2 Å². The molecular formula is C18H23ClF2N4O2. The molecule has 0 bridgehead atoms. The minimum Gasteiger partial charge on any atom is -0.403 e. The SMILES string of the molecule is CC.O=C(CNc1nnc(-c2ccc(Cl)cc2)o1)N1CCC(CC(F)F)C1. The number of nitrogens with one attached hydrogen (secondary N) is 1. The van der Waals surface area contributed by atoms with Gasteiger partial charge in [0.05, 0.1) is 6.54 Å². The zero-order chi connectivity index (χ0) is 19.8. The van der Waals surface area contributed by atoms with E-state index in [2.05, 4.69) is 15.5 Å². The van der Waals surface area contributed by atoms with Crippen molar-refractivity contribution in [2.24, 2.45) is 5.92 Å². The second-order valence-corrected chi connectivity index (χ2v) is 6.33. The van der Waals surface area contributed by atoms with Crippen molar-refractivity contribution in [2.75, 3.05) is 25.0 Å². The Morgan fingerprint density at radius 3 is 2.70 bits per heavy atom. The number of benzene rings is 1. The van der Waals surface area contributed by atoms with E-state index < -0.39 is 6.43 Å². The van der Waals surface area contributed by atoms with Crippen molar-refractivity contribution in [3.63, 3.8) is 0 Å². The lowest BCUT2D eigenvalue weighted by Gasteiger charge is -2.16. The first-order valence-electron chi connectivity index (χ1n) is 8.90. The number of halogens is 3. The number of carbonyl (C=O) groups excluding carboxylic acids is 1. The Morgan fingerprint density at radius 2 is 2.04 bits per heavy atom. The van der Waals surface area contributed by atoms with Gasteiger partial charge in [0, 0.05) is 30.1 Å². The zero-order valence-electron chi connectivity index (χ0n) is 15.3. The van der Waals surface area contributed by atoms with Crippen molar-refractivity contribution in [1.29, 1.82) is 0 Å². The van der Waals surface area contributed by atoms with Crippen LogP contribution in [-0.2, 0) is 4.79 Å². The highest BCUT2D eigenvalue weighted by molar-refractivity contribution is 6.30. The lowest BCUT2D eigenvalue weighted by molar-refractivity contribution is -0.128. The molecule has 148 valence electrons. The molecule has 1 aromatic heterocycles. The lowest BCUT2D eigenvalue weighted by Crippen LogP contribution is -2.34. The highest BCUT2D eigenvalue weighted by atomic mass is 35.5. The third kappa shape index (κ3) is 6.16. The number of rotatable bonds is 6. The van der Waals surface area contributed by atoms with Gasteiger partial charge in [-0.15, -0.1) is 5.10 Å². The van der Waals surface area contributed by atoms with E-state index in [0.717, 1.165) is 0 Å². The van der Waals surface area contributed by atoms with Gasteiger partial charge in [-0.25, -0.2) is 8.78 Å². The number of carbonyl (C=O) groups is 1. The van der Waals surface area contributed by atoms with Crippen molar-refractivity contribution < 1.29 is 18.0 Å². The van der Waals surface area contributed by atoms with Gasteiger partial charge in [0.15, 0.2) is 0 Å². The molecule has 0 saturated carbocycles. The van der Waals surface area contributed by atoms with Crippen LogP contribution in [0.2, 0.25) is 5.02 Å². The fourth-order valence-corrected chi connectivity index (χ4v) is 2.90. The van der Waals surface area contributed by atoms with Crippen LogP contribution >= 0.6 is 11.6 Å². The molecule has 0 spiro atoms. The largest absolute Gasteiger partial charge is 0.403 e. The number of aromatic nitrogens is 2. The maximum absolute atomic E-state index is 12.4. The predicted octanol–water partition coefficient (Wildman–Crippen LogP) is 4.33. The first kappa shape index (κ1) is 21.1. The fraction of sp³-hybridized carbons (Fsp3) is 0.500. The van der Waals surface area contributed by atoms with Gasteiger partial charge >= 0.3 is 6.01 Å². The van der Waals surface area contributed by atoms with Crippen LogP contribution in [0.1, 0.15) is 26.7 Å². The van der Waals surface area contributed by atoms with Crippen LogP contribution in [0.3, 0.4) is 0 Å². The van der Waals surface area contributed by atoms with E-state index in [4.69, 9.17) is 16.0 Å². The molecular weight excluding hydrogens is 378 g/mol. The van der Waals surface area contributed by atoms with Gasteiger partial charge in [-0.2, -0.15) is 0 Å². The standard InChI is InChI=1S/C16H17ClF2N4O2.C2H6/c17-12-3-1-11(2-4-12)15-21-22-16(25-15)20-8-14(24)23-6-5-10(9-23)7-13(18)19;1-2/h1-4,10,13H,5-9H2,(H,20,22);1-2H3. The minimum atomic E-state index is -2.33. The first-order chi connectivity index (χ1) is 13.0. The van der Waals surface area contributed by atoms with E-state index in [0.29, 0.717) is 36.0 Å². The van der Waals surface area contributed by atoms with Crippen LogP contribution in [0, 0.1) is 5.92 Å². The van der Waals surface area contributed by atoms with E-state index in [9.17, 15) is 13.6 Å². The zero-order valence-corrected chi connectivity index (χ0v) is 16.0. The first-order valence-corrected chi connectivity index (χ1v) is 9.28. The molecule has 1 unspecified atom stereocenters. The summed E-state index contributed by atoms with van der Waals surface area (Å²) < 4.78 is 30.2. The maximum Gasteiger partial charge on any atom is 0.316 e. The molecule has 1 aliphatic rings. The van der Waals surface area contributed by atoms with Crippen molar-refractivity contribution in [3.05, 3.63) is 29.3 Å². The average molecular weight is 401 g/mol. The molecule has 0 aliphatic carbocycles. The topological polar surface area (TPSA) is 71.3 Å². The molecule has 9 heteroatoms. The van der Waals surface area contributed by atoms with Gasteiger partial charge in [0.1, 0.15) is 0 Å². The number of anilines is 1. The molecule has 2 aromatic rings. The molecule has 2 heterocycles. The Bertz CT molecular complexity index is 724. The summed E-state index contributed by atoms with van der Waals surface area (Å²) in [6.45, 7) is 4.84. The number of likely N-dealkylation sites (tertiary alicyclic amines) is 1. The summed E-state index contributed by atoms with van der Waals surface area (Å²) in [6, 6.07) is 7.04. The van der Waals surface area contributed by atoms with E-state index in [1.165, 1.54) is 0 Å². The predicted molar refractivity (Wildman–Crippen MR) is 99.9 cm³/mol. The van der Waals surface area contributed by atoms with E-state index in [-0.39, 0.29) is 30.8 Å². The van der Waals surface area contributed by atoms with Crippen LogP contribution in [-0.4, -0.2) is 47.1 Å². The molecule has 1 aliphatic heterocycles. The molecule has 3 rings (SSSR count). The summed E-state index contributed by atoms with van der Waals surface area (Å²) in [7, 11) is 0. The third-order valence-electron chi connectivity index (χ3n) is 4.06. The van der Waals surface area contributed by atoms with Gasteiger partial charge in [0.2, 0.25) is 18.2 Å². The smallest absolute Gasteiger partial charge is 0.316 e. The summed E-state index contributed by atoms with van der Waals surface area (Å²) in [5, 5.41) is 11.1. The quantitative estimate of drug-likeness (QED) is 0.781. The van der Waals surface area contributed by atoms with Gasteiger partial charge < -0.3 is 14.6 Å². The van der Waals surface area contributed by atoms with Crippen LogP contribution < -0.4 is 5.32 Å². The van der Waals surface area contributed by atoms with Crippen LogP contribution in [0.15, 0.2) is 28.7 Å². The minimum absolute atomic E-state index is 0.0242. The second-order valence-electron chi connectivity index (χ2n) is 5.89. The second kappa shape index (κ2) is 10.2. The molecule has 1 amide bonds. The molecule has 0 radical (unpaired) electrons. The maximum atomic E-state index is 12.4. The molecule has 1 aromatic carbocycles. The average Bonchev–Trinajstić information content (AvgIpc) is 3.31. The highest BCUT2D eigenvalue weighted by Gasteiger charge is 2.28. The molecule has 1 fully saturated rings. The summed E-state index contributed by atoms with van der Waals surface area (Å²) in [4.78, 5) is 13.7. The summed E-state index contributed by atoms with van der Waals surface area (Å²) in [6.07, 6.45) is -1.88. The number of nitrogens with zero attached hydrogens (tertiary/aromatic N) is 3. The van der Waals surface area contributed by atoms with Crippen molar-refractivity contribution in [1.82, 2.24) is 15.1 Å². The number of amides is 1. The third-order valence-corrected chi connectivity index (χ3v) is 4.31. The van der Waals surface area contributed by atoms with Crippen LogP contribution in [0.4, 0.5) is 14.8 Å². The summed E-state index contributed by atoms with van der Waals surface area (Å²) >= 11 is 5.83. The van der Waals surface area contributed by atoms with Gasteiger partial charge in [-0.05, 0) is 36.6 Å². The Balaban J connectivity index is 0.00000126. The Morgan fingerprint density at radius 1 is 1.33 bits per heavy atom. The number of hydrogen-bond donors (Lipinski definition) is 1. The van der Waals surface area contributed by atoms with E-state index >= 15 is 0 Å². The Labute approximate surface area is 161 Å². The number of hydrogen-bond acceptors (Lipinski definition) is 5. The van der Waals surface area contributed by atoms with Crippen molar-refractivity contribution in [2.45, 2.75) is 33.1 Å². The summed E-state index contributed by atoms with van der Waals surface area (Å²) in [5.74, 6) is -0.00310. The number of alkyl halides is 2. The molecule has 1 saturated heterocycles. The monoisotopic (exact) mass is 400 g/mol. The normalized spacial score (nSPS) is 16.2. The van der Waals surface area contributed by atoms with Gasteiger partial charge in [0.25, 0.3) is 0 Å². The Kier molecular flexibility index (Phi) is 7.97. The van der Waals surface area contributed by atoms with Crippen LogP contribution in [0.5, 0.6) is 0 Å². The van der Waals surface area contributed by atoms with Crippen LogP contribution in [0.25, 0.3) is 11.5 Å². The summed E-state index contributed by atoms with van der Waals surface area (Å²) in [5.41, 5.74) is 0.714. The van der Waals surface area contributed by atoms with Crippen molar-refractivity contribution >= 4 is 23.5 Å². The lowest BCUT2D eigenvalue weighted by atomic mass is 10.1. The van der Waals surface area contributed by atoms with E-state index in [1.807, 2.05) is 13.8 Å². The Hall–Kier alpha value is -2.22. The van der Waals surface area contributed by atoms with Crippen molar-refractivity contribution in [3.8, 4) is 11.5 Å². The fourth-order valence-electron chi connectivity index (χ4n) is 2.77. The molecule has 1 N–H and O–H groups in total. The highest BCUT2D eigenvalue weighted by Crippen LogP contribution is 2.23. The van der Waals surface area contributed by atoms with Gasteiger partial charge in [-0.3, -0.25) is 4.79 Å². The molecule has 1 atom stereocenters. The molecule has 6 nitrogen and oxygen atoms in total.